The fraction of sp³-hybridized carbons (Fsp3) is 0.923. The quantitative estimate of drug-likeness (QED) is 0.818. The lowest BCUT2D eigenvalue weighted by Crippen LogP contribution is -2.46. The Kier molecular flexibility index (Phi) is 7.80. The molecular weight excluding hydrogens is 236 g/mol. The number of nitrogens with two attached hydrogens (primary N) is 1. The molecule has 0 spiro atoms. The van der Waals surface area contributed by atoms with Gasteiger partial charge in [-0.2, -0.15) is 0 Å². The fourth-order valence-corrected chi connectivity index (χ4v) is 2.56. The smallest absolute Gasteiger partial charge is 0.236 e. The summed E-state index contributed by atoms with van der Waals surface area (Å²) >= 11 is 0. The van der Waals surface area contributed by atoms with Gasteiger partial charge < -0.3 is 11.1 Å². The van der Waals surface area contributed by atoms with Crippen LogP contribution in [0.15, 0.2) is 0 Å². The molecule has 1 rings (SSSR count). The third-order valence-corrected chi connectivity index (χ3v) is 3.97. The van der Waals surface area contributed by atoms with Crippen molar-refractivity contribution in [2.75, 3.05) is 0 Å². The van der Waals surface area contributed by atoms with Crippen LogP contribution in [0, 0.1) is 11.8 Å². The number of carbonyl (C=O) groups is 1. The molecule has 4 heteroatoms. The predicted molar refractivity (Wildman–Crippen MR) is 74.2 cm³/mol. The molecule has 0 aliphatic heterocycles. The summed E-state index contributed by atoms with van der Waals surface area (Å²) in [5.41, 5.74) is 5.55. The van der Waals surface area contributed by atoms with Gasteiger partial charge in [0.2, 0.25) is 5.91 Å². The Morgan fingerprint density at radius 3 is 2.18 bits per heavy atom. The van der Waals surface area contributed by atoms with Crippen molar-refractivity contribution in [2.24, 2.45) is 17.6 Å². The molecule has 17 heavy (non-hydrogen) atoms. The van der Waals surface area contributed by atoms with Crippen molar-refractivity contribution in [3.8, 4) is 0 Å². The van der Waals surface area contributed by atoms with E-state index >= 15 is 0 Å². The molecule has 0 radical (unpaired) electrons. The topological polar surface area (TPSA) is 55.1 Å². The van der Waals surface area contributed by atoms with Gasteiger partial charge in [0.25, 0.3) is 0 Å². The second-order valence-corrected chi connectivity index (χ2v) is 5.34. The van der Waals surface area contributed by atoms with E-state index in [-0.39, 0.29) is 24.4 Å². The van der Waals surface area contributed by atoms with Crippen molar-refractivity contribution in [2.45, 2.75) is 65.0 Å². The second kappa shape index (κ2) is 7.93. The van der Waals surface area contributed by atoms with E-state index in [1.165, 1.54) is 32.1 Å². The molecule has 3 N–H and O–H groups in total. The Morgan fingerprint density at radius 1 is 1.18 bits per heavy atom. The van der Waals surface area contributed by atoms with Crippen molar-refractivity contribution in [1.82, 2.24) is 5.32 Å². The van der Waals surface area contributed by atoms with Crippen LogP contribution in [0.3, 0.4) is 0 Å². The molecule has 2 unspecified atom stereocenters. The Bertz CT molecular complexity index is 227. The van der Waals surface area contributed by atoms with Crippen LogP contribution < -0.4 is 11.1 Å². The highest BCUT2D eigenvalue weighted by Gasteiger charge is 2.25. The first kappa shape index (κ1) is 16.7. The highest BCUT2D eigenvalue weighted by atomic mass is 35.5. The van der Waals surface area contributed by atoms with E-state index in [0.29, 0.717) is 5.92 Å². The van der Waals surface area contributed by atoms with E-state index in [4.69, 9.17) is 5.73 Å². The van der Waals surface area contributed by atoms with Gasteiger partial charge in [-0.3, -0.25) is 4.79 Å². The van der Waals surface area contributed by atoms with Crippen molar-refractivity contribution < 1.29 is 4.79 Å². The molecule has 1 amide bonds. The molecule has 0 bridgehead atoms. The third kappa shape index (κ3) is 5.26. The van der Waals surface area contributed by atoms with E-state index in [2.05, 4.69) is 19.2 Å². The number of amides is 1. The molecule has 0 heterocycles. The maximum absolute atomic E-state index is 11.5. The molecule has 1 fully saturated rings. The number of halogens is 1. The molecule has 1 aliphatic rings. The fourth-order valence-electron chi connectivity index (χ4n) is 2.56. The molecule has 3 nitrogen and oxygen atoms in total. The van der Waals surface area contributed by atoms with Gasteiger partial charge >= 0.3 is 0 Å². The third-order valence-electron chi connectivity index (χ3n) is 3.97. The molecule has 1 aliphatic carbocycles. The molecule has 0 aromatic carbocycles. The average Bonchev–Trinajstić information content (AvgIpc) is 2.28. The van der Waals surface area contributed by atoms with Crippen molar-refractivity contribution in [3.05, 3.63) is 0 Å². The van der Waals surface area contributed by atoms with Gasteiger partial charge in [-0.15, -0.1) is 12.4 Å². The van der Waals surface area contributed by atoms with Crippen LogP contribution in [0.1, 0.15) is 52.9 Å². The molecule has 3 atom stereocenters. The minimum atomic E-state index is -0.402. The highest BCUT2D eigenvalue weighted by molar-refractivity contribution is 5.85. The summed E-state index contributed by atoms with van der Waals surface area (Å²) in [6.45, 7) is 6.08. The Hall–Kier alpha value is -0.280. The molecular formula is C13H27ClN2O. The van der Waals surface area contributed by atoms with Crippen LogP contribution in [0.25, 0.3) is 0 Å². The minimum absolute atomic E-state index is 0. The monoisotopic (exact) mass is 262 g/mol. The van der Waals surface area contributed by atoms with E-state index in [0.717, 1.165) is 5.92 Å². The summed E-state index contributed by atoms with van der Waals surface area (Å²) in [5, 5.41) is 3.01. The summed E-state index contributed by atoms with van der Waals surface area (Å²) in [6, 6.07) is -0.164. The molecule has 0 aromatic rings. The Morgan fingerprint density at radius 2 is 1.71 bits per heavy atom. The Balaban J connectivity index is 0.00000256. The van der Waals surface area contributed by atoms with E-state index < -0.39 is 6.04 Å². The van der Waals surface area contributed by atoms with Gasteiger partial charge in [-0.05, 0) is 25.7 Å². The lowest BCUT2D eigenvalue weighted by atomic mass is 9.78. The summed E-state index contributed by atoms with van der Waals surface area (Å²) in [4.78, 5) is 11.5. The van der Waals surface area contributed by atoms with Gasteiger partial charge in [0, 0.05) is 6.04 Å². The van der Waals surface area contributed by atoms with Gasteiger partial charge in [-0.25, -0.2) is 0 Å². The second-order valence-electron chi connectivity index (χ2n) is 5.34. The van der Waals surface area contributed by atoms with Crippen molar-refractivity contribution >= 4 is 18.3 Å². The summed E-state index contributed by atoms with van der Waals surface area (Å²) in [6.07, 6.45) is 6.72. The highest BCUT2D eigenvalue weighted by Crippen LogP contribution is 2.31. The minimum Gasteiger partial charge on any atom is -0.352 e. The lowest BCUT2D eigenvalue weighted by molar-refractivity contribution is -0.123. The molecule has 0 aromatic heterocycles. The van der Waals surface area contributed by atoms with Gasteiger partial charge in [0.1, 0.15) is 0 Å². The first-order chi connectivity index (χ1) is 7.52. The van der Waals surface area contributed by atoms with Crippen LogP contribution in [-0.4, -0.2) is 18.0 Å². The normalized spacial score (nSPS) is 22.1. The van der Waals surface area contributed by atoms with E-state index in [9.17, 15) is 4.79 Å². The Labute approximate surface area is 111 Å². The van der Waals surface area contributed by atoms with Gasteiger partial charge in [0.05, 0.1) is 6.04 Å². The van der Waals surface area contributed by atoms with Crippen LogP contribution >= 0.6 is 12.4 Å². The number of carbonyl (C=O) groups excluding carboxylic acids is 1. The van der Waals surface area contributed by atoms with Crippen LogP contribution in [0.4, 0.5) is 0 Å². The molecule has 0 saturated heterocycles. The van der Waals surface area contributed by atoms with Crippen LogP contribution in [-0.2, 0) is 4.79 Å². The van der Waals surface area contributed by atoms with E-state index in [1.54, 1.807) is 6.92 Å². The predicted octanol–water partition coefficient (Wildman–Crippen LogP) is 2.48. The van der Waals surface area contributed by atoms with Gasteiger partial charge in [0.15, 0.2) is 0 Å². The number of hydrogen-bond donors (Lipinski definition) is 2. The zero-order chi connectivity index (χ0) is 12.1. The molecule has 102 valence electrons. The standard InChI is InChI=1S/C13H26N2O.ClH/c1-9(12-7-5-4-6-8-12)11(3)15-13(16)10(2)14;/h9-12H,4-8,14H2,1-3H3,(H,15,16);1H/t9?,10-,11?;/m0./s1. The zero-order valence-corrected chi connectivity index (χ0v) is 12.1. The lowest BCUT2D eigenvalue weighted by Gasteiger charge is -2.32. The largest absolute Gasteiger partial charge is 0.352 e. The van der Waals surface area contributed by atoms with Gasteiger partial charge in [-0.1, -0.05) is 39.0 Å². The number of nitrogens with one attached hydrogen (secondary N) is 1. The van der Waals surface area contributed by atoms with Crippen LogP contribution in [0.2, 0.25) is 0 Å². The summed E-state index contributed by atoms with van der Waals surface area (Å²) in [7, 11) is 0. The number of rotatable bonds is 4. The first-order valence-electron chi connectivity index (χ1n) is 6.58. The maximum Gasteiger partial charge on any atom is 0.236 e. The van der Waals surface area contributed by atoms with Crippen molar-refractivity contribution in [3.63, 3.8) is 0 Å². The summed E-state index contributed by atoms with van der Waals surface area (Å²) < 4.78 is 0. The zero-order valence-electron chi connectivity index (χ0n) is 11.2. The van der Waals surface area contributed by atoms with Crippen molar-refractivity contribution in [1.29, 1.82) is 0 Å². The SMILES string of the molecule is CC(NC(=O)[C@H](C)N)C(C)C1CCCCC1.Cl. The number of hydrogen-bond acceptors (Lipinski definition) is 2. The molecule has 1 saturated carbocycles. The average molecular weight is 263 g/mol. The van der Waals surface area contributed by atoms with E-state index in [1.807, 2.05) is 0 Å². The first-order valence-corrected chi connectivity index (χ1v) is 6.58. The maximum atomic E-state index is 11.5. The van der Waals surface area contributed by atoms with Crippen LogP contribution in [0.5, 0.6) is 0 Å². The summed E-state index contributed by atoms with van der Waals surface area (Å²) in [5.74, 6) is 1.30.